The molecule has 0 radical (unpaired) electrons. The molecule has 0 aliphatic heterocycles. The average Bonchev–Trinajstić information content (AvgIpc) is 2.56. The minimum atomic E-state index is 0.174. The van der Waals surface area contributed by atoms with Crippen molar-refractivity contribution in [1.29, 1.82) is 0 Å². The number of halogens is 2. The number of hydrogen-bond acceptors (Lipinski definition) is 2. The quantitative estimate of drug-likeness (QED) is 0.814. The van der Waals surface area contributed by atoms with Crippen LogP contribution >= 0.6 is 27.5 Å². The summed E-state index contributed by atoms with van der Waals surface area (Å²) in [5, 5.41) is 8.02. The van der Waals surface area contributed by atoms with Crippen LogP contribution in [0.5, 0.6) is 0 Å². The highest BCUT2D eigenvalue weighted by Crippen LogP contribution is 2.20. The molecule has 98 valence electrons. The highest BCUT2D eigenvalue weighted by Gasteiger charge is 2.13. The molecule has 1 unspecified atom stereocenters. The molecule has 0 aromatic carbocycles. The highest BCUT2D eigenvalue weighted by molar-refractivity contribution is 9.10. The molecule has 17 heavy (non-hydrogen) atoms. The molecular weight excluding hydrogens is 302 g/mol. The van der Waals surface area contributed by atoms with Crippen molar-refractivity contribution < 1.29 is 0 Å². The van der Waals surface area contributed by atoms with Crippen LogP contribution in [0.2, 0.25) is 0 Å². The van der Waals surface area contributed by atoms with E-state index in [9.17, 15) is 0 Å². The van der Waals surface area contributed by atoms with E-state index in [2.05, 4.69) is 47.1 Å². The first-order chi connectivity index (χ1) is 7.97. The minimum Gasteiger partial charge on any atom is -0.310 e. The second kappa shape index (κ2) is 6.76. The van der Waals surface area contributed by atoms with Gasteiger partial charge in [0.15, 0.2) is 0 Å². The third-order valence-corrected chi connectivity index (χ3v) is 4.50. The summed E-state index contributed by atoms with van der Waals surface area (Å²) in [4.78, 5) is 0. The standard InChI is InChI=1S/C12H21BrClN3/c1-5-17-11(12(13)9(4)16-17)7-15-6-10(14)8(2)3/h8,10,15H,5-7H2,1-4H3. The Balaban J connectivity index is 2.57. The molecule has 0 aliphatic carbocycles. The number of aryl methyl sites for hydroxylation is 2. The molecule has 0 spiro atoms. The van der Waals surface area contributed by atoms with E-state index in [1.807, 2.05) is 11.6 Å². The van der Waals surface area contributed by atoms with Crippen LogP contribution in [-0.2, 0) is 13.1 Å². The van der Waals surface area contributed by atoms with Gasteiger partial charge in [-0.1, -0.05) is 13.8 Å². The number of hydrogen-bond donors (Lipinski definition) is 1. The van der Waals surface area contributed by atoms with Gasteiger partial charge in [0.05, 0.1) is 15.9 Å². The molecule has 0 saturated heterocycles. The molecule has 3 nitrogen and oxygen atoms in total. The predicted molar refractivity (Wildman–Crippen MR) is 76.5 cm³/mol. The Morgan fingerprint density at radius 1 is 1.47 bits per heavy atom. The number of aromatic nitrogens is 2. The van der Waals surface area contributed by atoms with Gasteiger partial charge in [0.25, 0.3) is 0 Å². The Labute approximate surface area is 117 Å². The van der Waals surface area contributed by atoms with E-state index in [-0.39, 0.29) is 5.38 Å². The first-order valence-electron chi connectivity index (χ1n) is 6.03. The van der Waals surface area contributed by atoms with Crippen LogP contribution in [0.15, 0.2) is 4.47 Å². The maximum atomic E-state index is 6.20. The van der Waals surface area contributed by atoms with Crippen molar-refractivity contribution in [1.82, 2.24) is 15.1 Å². The largest absolute Gasteiger partial charge is 0.310 e. The zero-order valence-electron chi connectivity index (χ0n) is 10.9. The maximum absolute atomic E-state index is 6.20. The van der Waals surface area contributed by atoms with Gasteiger partial charge < -0.3 is 5.32 Å². The summed E-state index contributed by atoms with van der Waals surface area (Å²) in [5.41, 5.74) is 2.23. The van der Waals surface area contributed by atoms with Crippen molar-refractivity contribution in [2.75, 3.05) is 6.54 Å². The van der Waals surface area contributed by atoms with Gasteiger partial charge in [-0.05, 0) is 35.7 Å². The van der Waals surface area contributed by atoms with Crippen molar-refractivity contribution in [3.8, 4) is 0 Å². The molecule has 1 aromatic heterocycles. The van der Waals surface area contributed by atoms with Crippen molar-refractivity contribution >= 4 is 27.5 Å². The van der Waals surface area contributed by atoms with Gasteiger partial charge in [0.2, 0.25) is 0 Å². The van der Waals surface area contributed by atoms with Gasteiger partial charge in [-0.15, -0.1) is 11.6 Å². The molecule has 1 heterocycles. The molecule has 0 bridgehead atoms. The van der Waals surface area contributed by atoms with Crippen molar-refractivity contribution in [3.63, 3.8) is 0 Å². The Bertz CT molecular complexity index is 363. The zero-order valence-corrected chi connectivity index (χ0v) is 13.3. The molecule has 0 aliphatic rings. The van der Waals surface area contributed by atoms with Crippen LogP contribution in [0, 0.1) is 12.8 Å². The molecule has 0 amide bonds. The van der Waals surface area contributed by atoms with Gasteiger partial charge in [0.1, 0.15) is 0 Å². The molecule has 1 N–H and O–H groups in total. The van der Waals surface area contributed by atoms with E-state index in [1.54, 1.807) is 0 Å². The number of alkyl halides is 1. The Morgan fingerprint density at radius 3 is 2.65 bits per heavy atom. The fraction of sp³-hybridized carbons (Fsp3) is 0.750. The van der Waals surface area contributed by atoms with Crippen molar-refractivity contribution in [3.05, 3.63) is 15.9 Å². The molecule has 0 fully saturated rings. The van der Waals surface area contributed by atoms with E-state index < -0.39 is 0 Å². The van der Waals surface area contributed by atoms with E-state index >= 15 is 0 Å². The third-order valence-electron chi connectivity index (χ3n) is 2.81. The predicted octanol–water partition coefficient (Wildman–Crippen LogP) is 3.33. The van der Waals surface area contributed by atoms with Gasteiger partial charge in [-0.25, -0.2) is 0 Å². The van der Waals surface area contributed by atoms with Crippen LogP contribution in [0.3, 0.4) is 0 Å². The first-order valence-corrected chi connectivity index (χ1v) is 7.26. The lowest BCUT2D eigenvalue weighted by Gasteiger charge is -2.14. The lowest BCUT2D eigenvalue weighted by atomic mass is 10.1. The van der Waals surface area contributed by atoms with E-state index in [4.69, 9.17) is 11.6 Å². The van der Waals surface area contributed by atoms with Gasteiger partial charge in [-0.2, -0.15) is 5.10 Å². The van der Waals surface area contributed by atoms with E-state index in [1.165, 1.54) is 5.69 Å². The molecule has 1 aromatic rings. The van der Waals surface area contributed by atoms with Crippen LogP contribution in [-0.4, -0.2) is 21.7 Å². The fourth-order valence-electron chi connectivity index (χ4n) is 1.60. The zero-order chi connectivity index (χ0) is 13.0. The van der Waals surface area contributed by atoms with Crippen LogP contribution < -0.4 is 5.32 Å². The monoisotopic (exact) mass is 321 g/mol. The summed E-state index contributed by atoms with van der Waals surface area (Å²) in [6, 6.07) is 0. The summed E-state index contributed by atoms with van der Waals surface area (Å²) >= 11 is 9.79. The fourth-order valence-corrected chi connectivity index (χ4v) is 2.14. The van der Waals surface area contributed by atoms with Gasteiger partial charge in [-0.3, -0.25) is 4.68 Å². The van der Waals surface area contributed by atoms with Gasteiger partial charge in [0, 0.05) is 25.0 Å². The topological polar surface area (TPSA) is 29.9 Å². The summed E-state index contributed by atoms with van der Waals surface area (Å²) in [5.74, 6) is 0.491. The summed E-state index contributed by atoms with van der Waals surface area (Å²) < 4.78 is 3.12. The highest BCUT2D eigenvalue weighted by atomic mass is 79.9. The van der Waals surface area contributed by atoms with Crippen LogP contribution in [0.25, 0.3) is 0 Å². The minimum absolute atomic E-state index is 0.174. The number of rotatable bonds is 6. The summed E-state index contributed by atoms with van der Waals surface area (Å²) in [6.45, 7) is 10.9. The number of nitrogens with one attached hydrogen (secondary N) is 1. The van der Waals surface area contributed by atoms with Crippen molar-refractivity contribution in [2.45, 2.75) is 46.2 Å². The van der Waals surface area contributed by atoms with E-state index in [0.29, 0.717) is 5.92 Å². The molecule has 1 rings (SSSR count). The number of nitrogens with zero attached hydrogens (tertiary/aromatic N) is 2. The first kappa shape index (κ1) is 15.0. The maximum Gasteiger partial charge on any atom is 0.0739 e. The lowest BCUT2D eigenvalue weighted by Crippen LogP contribution is -2.27. The Morgan fingerprint density at radius 2 is 2.12 bits per heavy atom. The van der Waals surface area contributed by atoms with E-state index in [0.717, 1.165) is 29.8 Å². The van der Waals surface area contributed by atoms with Gasteiger partial charge >= 0.3 is 0 Å². The second-order valence-corrected chi connectivity index (χ2v) is 5.91. The average molecular weight is 323 g/mol. The molecule has 5 heteroatoms. The Hall–Kier alpha value is -0.0600. The molecule has 1 atom stereocenters. The smallest absolute Gasteiger partial charge is 0.0739 e. The summed E-state index contributed by atoms with van der Waals surface area (Å²) in [7, 11) is 0. The normalized spacial score (nSPS) is 13.4. The van der Waals surface area contributed by atoms with Crippen molar-refractivity contribution in [2.24, 2.45) is 5.92 Å². The van der Waals surface area contributed by atoms with Crippen LogP contribution in [0.1, 0.15) is 32.2 Å². The van der Waals surface area contributed by atoms with Crippen LogP contribution in [0.4, 0.5) is 0 Å². The second-order valence-electron chi connectivity index (χ2n) is 4.55. The third kappa shape index (κ3) is 3.97. The lowest BCUT2D eigenvalue weighted by molar-refractivity contribution is 0.525. The summed E-state index contributed by atoms with van der Waals surface area (Å²) in [6.07, 6.45) is 0. The molecule has 0 saturated carbocycles. The molecular formula is C12H21BrClN3. The SMILES string of the molecule is CCn1nc(C)c(Br)c1CNCC(Cl)C(C)C. The Kier molecular flexibility index (Phi) is 5.97.